The minimum absolute atomic E-state index is 0.807. The highest BCUT2D eigenvalue weighted by atomic mass is 16.5. The molecule has 0 spiro atoms. The Morgan fingerprint density at radius 3 is 2.78 bits per heavy atom. The number of nitrogens with zero attached hydrogens (tertiary/aromatic N) is 1. The predicted molar refractivity (Wildman–Crippen MR) is 73.4 cm³/mol. The third-order valence-corrected chi connectivity index (χ3v) is 3.21. The number of rotatable bonds is 5. The Hall–Kier alpha value is -1.26. The van der Waals surface area contributed by atoms with Gasteiger partial charge in [0.05, 0.1) is 20.3 Å². The molecule has 0 amide bonds. The minimum atomic E-state index is 0.807. The lowest BCUT2D eigenvalue weighted by Gasteiger charge is -2.29. The van der Waals surface area contributed by atoms with E-state index in [4.69, 9.17) is 9.47 Å². The van der Waals surface area contributed by atoms with E-state index in [2.05, 4.69) is 35.3 Å². The van der Waals surface area contributed by atoms with E-state index in [1.165, 1.54) is 11.3 Å². The van der Waals surface area contributed by atoms with Crippen molar-refractivity contribution in [2.75, 3.05) is 44.9 Å². The molecule has 100 valence electrons. The van der Waals surface area contributed by atoms with Gasteiger partial charge in [-0.25, -0.2) is 0 Å². The van der Waals surface area contributed by atoms with Gasteiger partial charge in [0.2, 0.25) is 0 Å². The fourth-order valence-corrected chi connectivity index (χ4v) is 2.16. The summed E-state index contributed by atoms with van der Waals surface area (Å²) >= 11 is 0. The predicted octanol–water partition coefficient (Wildman–Crippen LogP) is 1.64. The molecular weight excluding hydrogens is 228 g/mol. The molecule has 1 aromatic carbocycles. The molecule has 1 N–H and O–H groups in total. The van der Waals surface area contributed by atoms with Crippen molar-refractivity contribution in [2.45, 2.75) is 13.5 Å². The first kappa shape index (κ1) is 13.2. The van der Waals surface area contributed by atoms with Crippen molar-refractivity contribution in [1.29, 1.82) is 0 Å². The maximum atomic E-state index is 5.48. The summed E-state index contributed by atoms with van der Waals surface area (Å²) < 4.78 is 10.8. The van der Waals surface area contributed by atoms with E-state index >= 15 is 0 Å². The molecule has 18 heavy (non-hydrogen) atoms. The average Bonchev–Trinajstić information content (AvgIpc) is 2.46. The van der Waals surface area contributed by atoms with Gasteiger partial charge in [-0.15, -0.1) is 0 Å². The van der Waals surface area contributed by atoms with Crippen LogP contribution in [0.3, 0.4) is 0 Å². The van der Waals surface area contributed by atoms with Gasteiger partial charge in [-0.1, -0.05) is 13.0 Å². The summed E-state index contributed by atoms with van der Waals surface area (Å²) in [4.78, 5) is 2.34. The Morgan fingerprint density at radius 2 is 2.11 bits per heavy atom. The van der Waals surface area contributed by atoms with E-state index in [0.717, 1.165) is 45.1 Å². The van der Waals surface area contributed by atoms with Crippen LogP contribution in [0.5, 0.6) is 5.75 Å². The number of anilines is 1. The highest BCUT2D eigenvalue weighted by Crippen LogP contribution is 2.26. The van der Waals surface area contributed by atoms with Crippen molar-refractivity contribution in [3.05, 3.63) is 23.8 Å². The molecular formula is C14H22N2O2. The van der Waals surface area contributed by atoms with E-state index in [-0.39, 0.29) is 0 Å². The van der Waals surface area contributed by atoms with Crippen molar-refractivity contribution in [3.8, 4) is 5.75 Å². The zero-order chi connectivity index (χ0) is 12.8. The maximum absolute atomic E-state index is 5.48. The number of methoxy groups -OCH3 is 1. The van der Waals surface area contributed by atoms with Crippen LogP contribution in [0.1, 0.15) is 12.5 Å². The topological polar surface area (TPSA) is 33.7 Å². The highest BCUT2D eigenvalue weighted by Gasteiger charge is 2.13. The zero-order valence-corrected chi connectivity index (χ0v) is 11.2. The first-order valence-corrected chi connectivity index (χ1v) is 6.55. The fourth-order valence-electron chi connectivity index (χ4n) is 2.16. The molecule has 0 aliphatic carbocycles. The summed E-state index contributed by atoms with van der Waals surface area (Å²) in [5.74, 6) is 0.958. The van der Waals surface area contributed by atoms with Crippen molar-refractivity contribution in [1.82, 2.24) is 5.32 Å². The molecule has 4 nitrogen and oxygen atoms in total. The monoisotopic (exact) mass is 250 g/mol. The molecule has 1 saturated heterocycles. The molecule has 1 aromatic rings. The molecule has 2 rings (SSSR count). The van der Waals surface area contributed by atoms with Crippen molar-refractivity contribution in [3.63, 3.8) is 0 Å². The number of benzene rings is 1. The summed E-state index contributed by atoms with van der Waals surface area (Å²) in [5, 5.41) is 3.32. The van der Waals surface area contributed by atoms with Gasteiger partial charge in [0, 0.05) is 37.0 Å². The van der Waals surface area contributed by atoms with Crippen LogP contribution in [0, 0.1) is 0 Å². The van der Waals surface area contributed by atoms with Crippen LogP contribution >= 0.6 is 0 Å². The van der Waals surface area contributed by atoms with Gasteiger partial charge in [-0.05, 0) is 12.6 Å². The lowest BCUT2D eigenvalue weighted by Crippen LogP contribution is -2.36. The van der Waals surface area contributed by atoms with Gasteiger partial charge < -0.3 is 19.7 Å². The van der Waals surface area contributed by atoms with Crippen LogP contribution in [0.25, 0.3) is 0 Å². The van der Waals surface area contributed by atoms with Crippen molar-refractivity contribution in [2.24, 2.45) is 0 Å². The first-order valence-electron chi connectivity index (χ1n) is 6.55. The summed E-state index contributed by atoms with van der Waals surface area (Å²) in [7, 11) is 1.73. The molecule has 0 unspecified atom stereocenters. The average molecular weight is 250 g/mol. The summed E-state index contributed by atoms with van der Waals surface area (Å²) in [5.41, 5.74) is 2.42. The third-order valence-electron chi connectivity index (χ3n) is 3.21. The second kappa shape index (κ2) is 6.61. The quantitative estimate of drug-likeness (QED) is 0.861. The Kier molecular flexibility index (Phi) is 4.84. The van der Waals surface area contributed by atoms with Crippen LogP contribution < -0.4 is 15.0 Å². The van der Waals surface area contributed by atoms with Crippen molar-refractivity contribution < 1.29 is 9.47 Å². The minimum Gasteiger partial charge on any atom is -0.496 e. The van der Waals surface area contributed by atoms with E-state index in [1.807, 2.05) is 0 Å². The van der Waals surface area contributed by atoms with E-state index in [9.17, 15) is 0 Å². The Labute approximate surface area is 109 Å². The van der Waals surface area contributed by atoms with Gasteiger partial charge in [0.1, 0.15) is 5.75 Å². The van der Waals surface area contributed by atoms with Gasteiger partial charge in [-0.2, -0.15) is 0 Å². The summed E-state index contributed by atoms with van der Waals surface area (Å²) in [6.45, 7) is 7.44. The molecule has 0 aromatic heterocycles. The van der Waals surface area contributed by atoms with Gasteiger partial charge in [0.15, 0.2) is 0 Å². The van der Waals surface area contributed by atoms with Crippen LogP contribution in [-0.2, 0) is 11.3 Å². The highest BCUT2D eigenvalue weighted by molar-refractivity contribution is 5.54. The van der Waals surface area contributed by atoms with Crippen molar-refractivity contribution >= 4 is 5.69 Å². The number of nitrogens with one attached hydrogen (secondary N) is 1. The summed E-state index contributed by atoms with van der Waals surface area (Å²) in [6.07, 6.45) is 0. The molecule has 1 aliphatic rings. The molecule has 0 saturated carbocycles. The number of hydrogen-bond acceptors (Lipinski definition) is 4. The van der Waals surface area contributed by atoms with Gasteiger partial charge in [0.25, 0.3) is 0 Å². The van der Waals surface area contributed by atoms with Crippen LogP contribution in [0.4, 0.5) is 5.69 Å². The molecule has 0 radical (unpaired) electrons. The van der Waals surface area contributed by atoms with Crippen LogP contribution in [0.15, 0.2) is 18.2 Å². The maximum Gasteiger partial charge on any atom is 0.125 e. The third kappa shape index (κ3) is 3.15. The Morgan fingerprint density at radius 1 is 1.33 bits per heavy atom. The Balaban J connectivity index is 2.12. The largest absolute Gasteiger partial charge is 0.496 e. The number of ether oxygens (including phenoxy) is 2. The van der Waals surface area contributed by atoms with Crippen LogP contribution in [0.2, 0.25) is 0 Å². The van der Waals surface area contributed by atoms with E-state index < -0.39 is 0 Å². The smallest absolute Gasteiger partial charge is 0.125 e. The second-order valence-corrected chi connectivity index (χ2v) is 4.38. The fraction of sp³-hybridized carbons (Fsp3) is 0.571. The first-order chi connectivity index (χ1) is 8.85. The number of morpholine rings is 1. The van der Waals surface area contributed by atoms with Crippen LogP contribution in [-0.4, -0.2) is 40.0 Å². The molecule has 0 bridgehead atoms. The lowest BCUT2D eigenvalue weighted by atomic mass is 10.1. The Bertz CT molecular complexity index is 376. The molecule has 1 heterocycles. The van der Waals surface area contributed by atoms with E-state index in [0.29, 0.717) is 0 Å². The zero-order valence-electron chi connectivity index (χ0n) is 11.2. The SMILES string of the molecule is CCNCc1ccc(N2CCOCC2)cc1OC. The number of hydrogen-bond donors (Lipinski definition) is 1. The molecule has 0 atom stereocenters. The van der Waals surface area contributed by atoms with E-state index in [1.54, 1.807) is 7.11 Å². The molecule has 1 fully saturated rings. The van der Waals surface area contributed by atoms with Gasteiger partial charge >= 0.3 is 0 Å². The molecule has 1 aliphatic heterocycles. The van der Waals surface area contributed by atoms with Gasteiger partial charge in [-0.3, -0.25) is 0 Å². The summed E-state index contributed by atoms with van der Waals surface area (Å²) in [6, 6.07) is 6.44. The lowest BCUT2D eigenvalue weighted by molar-refractivity contribution is 0.122. The standard InChI is InChI=1S/C14H22N2O2/c1-3-15-11-12-4-5-13(10-14(12)17-2)16-6-8-18-9-7-16/h4-5,10,15H,3,6-9,11H2,1-2H3. The normalized spacial score (nSPS) is 15.8. The second-order valence-electron chi connectivity index (χ2n) is 4.38. The molecule has 4 heteroatoms.